The van der Waals surface area contributed by atoms with Crippen LogP contribution in [0.1, 0.15) is 36.8 Å². The second-order valence-corrected chi connectivity index (χ2v) is 3.82. The van der Waals surface area contributed by atoms with Crippen molar-refractivity contribution in [3.63, 3.8) is 0 Å². The fraction of sp³-hybridized carbons (Fsp3) is 0.500. The number of fused-ring (bicyclic) bond motifs is 1. The molecule has 0 aliphatic heterocycles. The lowest BCUT2D eigenvalue weighted by Gasteiger charge is -2.29. The Morgan fingerprint density at radius 2 is 2.15 bits per heavy atom. The summed E-state index contributed by atoms with van der Waals surface area (Å²) in [6.45, 7) is 2.15. The van der Waals surface area contributed by atoms with Crippen molar-refractivity contribution in [3.05, 3.63) is 35.4 Å². The van der Waals surface area contributed by atoms with Gasteiger partial charge in [0.15, 0.2) is 0 Å². The lowest BCUT2D eigenvalue weighted by molar-refractivity contribution is 0.124. The summed E-state index contributed by atoms with van der Waals surface area (Å²) < 4.78 is 0. The van der Waals surface area contributed by atoms with Gasteiger partial charge < -0.3 is 5.11 Å². The molecule has 0 unspecified atom stereocenters. The number of aliphatic hydroxyl groups excluding tert-OH is 1. The van der Waals surface area contributed by atoms with Crippen molar-refractivity contribution >= 4 is 0 Å². The van der Waals surface area contributed by atoms with Crippen molar-refractivity contribution < 1.29 is 5.11 Å². The molecular weight excluding hydrogens is 160 g/mol. The van der Waals surface area contributed by atoms with Gasteiger partial charge in [-0.05, 0) is 30.4 Å². The highest BCUT2D eigenvalue weighted by molar-refractivity contribution is 5.33. The van der Waals surface area contributed by atoms with Crippen molar-refractivity contribution in [1.29, 1.82) is 0 Å². The smallest absolute Gasteiger partial charge is 0.0611 e. The van der Waals surface area contributed by atoms with Gasteiger partial charge in [-0.3, -0.25) is 0 Å². The highest BCUT2D eigenvalue weighted by Crippen LogP contribution is 2.33. The van der Waals surface area contributed by atoms with Gasteiger partial charge in [0.25, 0.3) is 0 Å². The zero-order chi connectivity index (χ0) is 9.26. The van der Waals surface area contributed by atoms with Crippen LogP contribution in [0.15, 0.2) is 24.3 Å². The molecule has 0 amide bonds. The predicted molar refractivity (Wildman–Crippen MR) is 53.8 cm³/mol. The minimum atomic E-state index is -0.125. The van der Waals surface area contributed by atoms with E-state index in [1.807, 2.05) is 0 Å². The molecule has 0 saturated carbocycles. The van der Waals surface area contributed by atoms with Crippen LogP contribution in [0.25, 0.3) is 0 Å². The molecule has 0 aromatic heterocycles. The maximum atomic E-state index is 9.82. The number of hydrogen-bond acceptors (Lipinski definition) is 1. The number of hydrogen-bond donors (Lipinski definition) is 1. The molecule has 1 aliphatic rings. The van der Waals surface area contributed by atoms with E-state index in [-0.39, 0.29) is 6.10 Å². The summed E-state index contributed by atoms with van der Waals surface area (Å²) in [5.74, 6) is 0.366. The van der Waals surface area contributed by atoms with E-state index in [0.717, 1.165) is 19.3 Å². The molecule has 2 atom stereocenters. The monoisotopic (exact) mass is 176 g/mol. The van der Waals surface area contributed by atoms with Crippen LogP contribution in [0.4, 0.5) is 0 Å². The van der Waals surface area contributed by atoms with E-state index in [9.17, 15) is 5.11 Å². The van der Waals surface area contributed by atoms with Crippen LogP contribution in [0.5, 0.6) is 0 Å². The third kappa shape index (κ3) is 1.49. The summed E-state index contributed by atoms with van der Waals surface area (Å²) in [5, 5.41) is 9.82. The van der Waals surface area contributed by atoms with Gasteiger partial charge in [-0.15, -0.1) is 0 Å². The lowest BCUT2D eigenvalue weighted by atomic mass is 9.79. The first-order valence-electron chi connectivity index (χ1n) is 5.08. The van der Waals surface area contributed by atoms with Crippen molar-refractivity contribution in [2.75, 3.05) is 0 Å². The Morgan fingerprint density at radius 1 is 1.38 bits per heavy atom. The maximum absolute atomic E-state index is 9.82. The number of aryl methyl sites for hydroxylation is 1. The zero-order valence-electron chi connectivity index (χ0n) is 8.03. The standard InChI is InChI=1S/C12H16O/c1-2-10-11-6-4-3-5-9(11)7-8-12(10)13/h3-6,10,12-13H,2,7-8H2,1H3/t10-,12-/m1/s1. The Bertz CT molecular complexity index is 293. The Balaban J connectivity index is 2.39. The highest BCUT2D eigenvalue weighted by atomic mass is 16.3. The fourth-order valence-electron chi connectivity index (χ4n) is 2.33. The van der Waals surface area contributed by atoms with Gasteiger partial charge in [-0.25, -0.2) is 0 Å². The van der Waals surface area contributed by atoms with Crippen molar-refractivity contribution in [2.45, 2.75) is 38.2 Å². The topological polar surface area (TPSA) is 20.2 Å². The number of rotatable bonds is 1. The molecule has 1 heteroatoms. The normalized spacial score (nSPS) is 26.9. The van der Waals surface area contributed by atoms with Gasteiger partial charge in [0, 0.05) is 5.92 Å². The molecule has 13 heavy (non-hydrogen) atoms. The van der Waals surface area contributed by atoms with Gasteiger partial charge in [-0.1, -0.05) is 31.2 Å². The number of aliphatic hydroxyl groups is 1. The van der Waals surface area contributed by atoms with Gasteiger partial charge >= 0.3 is 0 Å². The van der Waals surface area contributed by atoms with Gasteiger partial charge in [0.05, 0.1) is 6.10 Å². The first-order valence-corrected chi connectivity index (χ1v) is 5.08. The van der Waals surface area contributed by atoms with Gasteiger partial charge in [0.1, 0.15) is 0 Å². The second-order valence-electron chi connectivity index (χ2n) is 3.82. The fourth-order valence-corrected chi connectivity index (χ4v) is 2.33. The Labute approximate surface area is 79.4 Å². The number of benzene rings is 1. The van der Waals surface area contributed by atoms with Crippen LogP contribution in [0.3, 0.4) is 0 Å². The summed E-state index contributed by atoms with van der Waals surface area (Å²) in [6.07, 6.45) is 2.88. The van der Waals surface area contributed by atoms with Crippen molar-refractivity contribution in [2.24, 2.45) is 0 Å². The second kappa shape index (κ2) is 3.51. The van der Waals surface area contributed by atoms with E-state index >= 15 is 0 Å². The van der Waals surface area contributed by atoms with Gasteiger partial charge in [-0.2, -0.15) is 0 Å². The van der Waals surface area contributed by atoms with Gasteiger partial charge in [0.2, 0.25) is 0 Å². The van der Waals surface area contributed by atoms with Crippen LogP contribution in [-0.4, -0.2) is 11.2 Å². The summed E-state index contributed by atoms with van der Waals surface area (Å²) in [4.78, 5) is 0. The highest BCUT2D eigenvalue weighted by Gasteiger charge is 2.25. The van der Waals surface area contributed by atoms with Crippen molar-refractivity contribution in [1.82, 2.24) is 0 Å². The third-order valence-electron chi connectivity index (χ3n) is 3.07. The Morgan fingerprint density at radius 3 is 2.92 bits per heavy atom. The molecule has 0 heterocycles. The summed E-state index contributed by atoms with van der Waals surface area (Å²) in [5.41, 5.74) is 2.79. The van der Waals surface area contributed by atoms with Crippen LogP contribution >= 0.6 is 0 Å². The molecule has 70 valence electrons. The van der Waals surface area contributed by atoms with E-state index in [2.05, 4.69) is 31.2 Å². The van der Waals surface area contributed by atoms with Crippen LogP contribution in [-0.2, 0) is 6.42 Å². The van der Waals surface area contributed by atoms with E-state index in [1.54, 1.807) is 0 Å². The molecule has 1 aromatic rings. The first-order chi connectivity index (χ1) is 6.33. The minimum Gasteiger partial charge on any atom is -0.392 e. The van der Waals surface area contributed by atoms with Crippen LogP contribution < -0.4 is 0 Å². The zero-order valence-corrected chi connectivity index (χ0v) is 8.03. The third-order valence-corrected chi connectivity index (χ3v) is 3.07. The van der Waals surface area contributed by atoms with E-state index < -0.39 is 0 Å². The SMILES string of the molecule is CC[C@@H]1c2ccccc2CC[C@H]1O. The molecule has 0 radical (unpaired) electrons. The largest absolute Gasteiger partial charge is 0.392 e. The average molecular weight is 176 g/mol. The summed E-state index contributed by atoms with van der Waals surface area (Å²) >= 11 is 0. The summed E-state index contributed by atoms with van der Waals surface area (Å²) in [6, 6.07) is 8.50. The molecule has 1 N–H and O–H groups in total. The van der Waals surface area contributed by atoms with E-state index in [4.69, 9.17) is 0 Å². The average Bonchev–Trinajstić information content (AvgIpc) is 2.18. The van der Waals surface area contributed by atoms with Crippen LogP contribution in [0, 0.1) is 0 Å². The van der Waals surface area contributed by atoms with E-state index in [1.165, 1.54) is 11.1 Å². The Kier molecular flexibility index (Phi) is 2.36. The predicted octanol–water partition coefficient (Wildman–Crippen LogP) is 2.49. The maximum Gasteiger partial charge on any atom is 0.0611 e. The quantitative estimate of drug-likeness (QED) is 0.697. The molecular formula is C12H16O. The molecule has 2 rings (SSSR count). The van der Waals surface area contributed by atoms with Crippen LogP contribution in [0.2, 0.25) is 0 Å². The Hall–Kier alpha value is -0.820. The molecule has 1 aliphatic carbocycles. The lowest BCUT2D eigenvalue weighted by Crippen LogP contribution is -2.24. The molecule has 0 saturated heterocycles. The molecule has 0 bridgehead atoms. The molecule has 0 fully saturated rings. The molecule has 1 nitrogen and oxygen atoms in total. The summed E-state index contributed by atoms with van der Waals surface area (Å²) in [7, 11) is 0. The van der Waals surface area contributed by atoms with Crippen molar-refractivity contribution in [3.8, 4) is 0 Å². The first kappa shape index (κ1) is 8.76. The minimum absolute atomic E-state index is 0.125. The molecule has 0 spiro atoms. The van der Waals surface area contributed by atoms with E-state index in [0.29, 0.717) is 5.92 Å². The molecule has 1 aromatic carbocycles.